The molecule has 0 aromatic rings. The van der Waals surface area contributed by atoms with E-state index in [2.05, 4.69) is 10.6 Å². The van der Waals surface area contributed by atoms with Gasteiger partial charge >= 0.3 is 18.0 Å². The second-order valence-corrected chi connectivity index (χ2v) is 7.17. The Bertz CT molecular complexity index is 445. The molecule has 0 radical (unpaired) electrons. The van der Waals surface area contributed by atoms with Crippen molar-refractivity contribution >= 4 is 18.0 Å². The number of methoxy groups -OCH3 is 2. The Kier molecular flexibility index (Phi) is 10.1. The summed E-state index contributed by atoms with van der Waals surface area (Å²) in [7, 11) is 2.57. The van der Waals surface area contributed by atoms with E-state index in [1.165, 1.54) is 14.2 Å². The monoisotopic (exact) mass is 360 g/mol. The number of hydrogen-bond donors (Lipinski definition) is 2. The van der Waals surface area contributed by atoms with Gasteiger partial charge in [-0.2, -0.15) is 0 Å². The van der Waals surface area contributed by atoms with Gasteiger partial charge in [0.1, 0.15) is 17.7 Å². The van der Waals surface area contributed by atoms with Gasteiger partial charge in [-0.25, -0.2) is 4.79 Å². The third kappa shape index (κ3) is 10.6. The largest absolute Gasteiger partial charge is 0.468 e. The quantitative estimate of drug-likeness (QED) is 0.476. The fourth-order valence-electron chi connectivity index (χ4n) is 2.13. The number of ether oxygens (including phenoxy) is 3. The lowest BCUT2D eigenvalue weighted by Crippen LogP contribution is -2.49. The Morgan fingerprint density at radius 2 is 1.48 bits per heavy atom. The van der Waals surface area contributed by atoms with Crippen LogP contribution in [0.2, 0.25) is 0 Å². The number of carbonyl (C=O) groups is 3. The maximum absolute atomic E-state index is 12.0. The molecule has 146 valence electrons. The highest BCUT2D eigenvalue weighted by Crippen LogP contribution is 2.09. The third-order valence-corrected chi connectivity index (χ3v) is 3.18. The molecule has 0 aliphatic rings. The van der Waals surface area contributed by atoms with Crippen molar-refractivity contribution in [1.29, 1.82) is 0 Å². The maximum atomic E-state index is 12.0. The molecule has 0 fully saturated rings. The highest BCUT2D eigenvalue weighted by Gasteiger charge is 2.28. The number of hydrogen-bond acceptors (Lipinski definition) is 7. The van der Waals surface area contributed by atoms with Crippen LogP contribution in [-0.4, -0.2) is 56.5 Å². The van der Waals surface area contributed by atoms with E-state index in [-0.39, 0.29) is 18.9 Å². The van der Waals surface area contributed by atoms with Crippen molar-refractivity contribution in [2.45, 2.75) is 65.1 Å². The predicted molar refractivity (Wildman–Crippen MR) is 93.1 cm³/mol. The zero-order valence-electron chi connectivity index (χ0n) is 16.3. The Morgan fingerprint density at radius 1 is 0.960 bits per heavy atom. The van der Waals surface area contributed by atoms with E-state index in [1.807, 2.05) is 13.8 Å². The van der Waals surface area contributed by atoms with Gasteiger partial charge in [0.15, 0.2) is 0 Å². The van der Waals surface area contributed by atoms with Crippen molar-refractivity contribution in [2.75, 3.05) is 20.8 Å². The normalized spacial score (nSPS) is 13.8. The molecule has 1 unspecified atom stereocenters. The van der Waals surface area contributed by atoms with Gasteiger partial charge in [-0.05, 0) is 39.5 Å². The molecule has 2 N–H and O–H groups in total. The number of nitrogens with one attached hydrogen (secondary N) is 2. The number of esters is 2. The molecule has 0 rings (SSSR count). The van der Waals surface area contributed by atoms with Crippen molar-refractivity contribution in [1.82, 2.24) is 10.6 Å². The van der Waals surface area contributed by atoms with E-state index in [0.29, 0.717) is 6.42 Å². The first-order chi connectivity index (χ1) is 11.5. The molecule has 0 saturated heterocycles. The van der Waals surface area contributed by atoms with Crippen LogP contribution in [-0.2, 0) is 23.8 Å². The number of carbonyl (C=O) groups excluding carboxylic acids is 3. The number of alkyl carbamates (subject to hydrolysis) is 1. The minimum Gasteiger partial charge on any atom is -0.468 e. The van der Waals surface area contributed by atoms with Gasteiger partial charge in [0.2, 0.25) is 0 Å². The standard InChI is InChI=1S/C17H32N2O6/c1-11(2)10-13(15(21)24-7)19-12(14(20)23-6)8-9-18-16(22)25-17(3,4)5/h11-13,19H,8-10H2,1-7H3,(H,18,22)/t12-,13?/m0/s1. The topological polar surface area (TPSA) is 103 Å². The first-order valence-electron chi connectivity index (χ1n) is 8.38. The second-order valence-electron chi connectivity index (χ2n) is 7.17. The number of amides is 1. The average Bonchev–Trinajstić information content (AvgIpc) is 2.49. The summed E-state index contributed by atoms with van der Waals surface area (Å²) < 4.78 is 14.7. The highest BCUT2D eigenvalue weighted by molar-refractivity contribution is 5.79. The minimum atomic E-state index is -0.747. The van der Waals surface area contributed by atoms with Crippen molar-refractivity contribution in [2.24, 2.45) is 5.92 Å². The molecule has 0 heterocycles. The maximum Gasteiger partial charge on any atom is 0.407 e. The molecule has 8 heteroatoms. The molecule has 2 atom stereocenters. The lowest BCUT2D eigenvalue weighted by atomic mass is 10.0. The van der Waals surface area contributed by atoms with E-state index in [4.69, 9.17) is 14.2 Å². The Balaban J connectivity index is 4.75. The molecule has 0 aliphatic heterocycles. The summed E-state index contributed by atoms with van der Waals surface area (Å²) in [5.74, 6) is -0.721. The van der Waals surface area contributed by atoms with Crippen LogP contribution in [0.15, 0.2) is 0 Å². The van der Waals surface area contributed by atoms with Crippen molar-refractivity contribution < 1.29 is 28.6 Å². The van der Waals surface area contributed by atoms with Gasteiger partial charge in [-0.3, -0.25) is 14.9 Å². The molecule has 25 heavy (non-hydrogen) atoms. The van der Waals surface area contributed by atoms with Gasteiger partial charge < -0.3 is 19.5 Å². The van der Waals surface area contributed by atoms with Crippen molar-refractivity contribution in [3.05, 3.63) is 0 Å². The zero-order chi connectivity index (χ0) is 19.6. The summed E-state index contributed by atoms with van der Waals surface area (Å²) in [4.78, 5) is 35.5. The summed E-state index contributed by atoms with van der Waals surface area (Å²) in [6, 6.07) is -1.38. The highest BCUT2D eigenvalue weighted by atomic mass is 16.6. The molecular formula is C17H32N2O6. The fraction of sp³-hybridized carbons (Fsp3) is 0.824. The van der Waals surface area contributed by atoms with Gasteiger partial charge in [0, 0.05) is 6.54 Å². The first kappa shape index (κ1) is 23.2. The molecule has 0 spiro atoms. The SMILES string of the molecule is COC(=O)C(CC(C)C)N[C@@H](CCNC(=O)OC(C)(C)C)C(=O)OC. The smallest absolute Gasteiger partial charge is 0.407 e. The minimum absolute atomic E-state index is 0.192. The second kappa shape index (κ2) is 10.9. The van der Waals surface area contributed by atoms with Crippen molar-refractivity contribution in [3.63, 3.8) is 0 Å². The fourth-order valence-corrected chi connectivity index (χ4v) is 2.13. The van der Waals surface area contributed by atoms with Crippen LogP contribution in [0.5, 0.6) is 0 Å². The first-order valence-corrected chi connectivity index (χ1v) is 8.38. The van der Waals surface area contributed by atoms with Crippen LogP contribution in [0, 0.1) is 5.92 Å². The average molecular weight is 360 g/mol. The van der Waals surface area contributed by atoms with Crippen LogP contribution in [0.1, 0.15) is 47.5 Å². The molecule has 1 amide bonds. The van der Waals surface area contributed by atoms with E-state index in [9.17, 15) is 14.4 Å². The molecule has 0 aromatic heterocycles. The van der Waals surface area contributed by atoms with Gasteiger partial charge in [-0.1, -0.05) is 13.8 Å². The van der Waals surface area contributed by atoms with Crippen LogP contribution in [0.3, 0.4) is 0 Å². The zero-order valence-corrected chi connectivity index (χ0v) is 16.3. The van der Waals surface area contributed by atoms with Gasteiger partial charge in [0.05, 0.1) is 14.2 Å². The van der Waals surface area contributed by atoms with Crippen LogP contribution in [0.25, 0.3) is 0 Å². The molecule has 0 bridgehead atoms. The Hall–Kier alpha value is -1.83. The van der Waals surface area contributed by atoms with E-state index in [1.54, 1.807) is 20.8 Å². The summed E-state index contributed by atoms with van der Waals surface area (Å²) in [6.45, 7) is 9.41. The van der Waals surface area contributed by atoms with Gasteiger partial charge in [0.25, 0.3) is 0 Å². The molecule has 8 nitrogen and oxygen atoms in total. The predicted octanol–water partition coefficient (Wildman–Crippen LogP) is 1.62. The Morgan fingerprint density at radius 3 is 1.92 bits per heavy atom. The molecule has 0 aliphatic carbocycles. The number of rotatable bonds is 9. The molecule has 0 saturated carbocycles. The van der Waals surface area contributed by atoms with Crippen LogP contribution >= 0.6 is 0 Å². The van der Waals surface area contributed by atoms with Crippen LogP contribution in [0.4, 0.5) is 4.79 Å². The lowest BCUT2D eigenvalue weighted by molar-refractivity contribution is -0.146. The lowest BCUT2D eigenvalue weighted by Gasteiger charge is -2.24. The molecular weight excluding hydrogens is 328 g/mol. The van der Waals surface area contributed by atoms with E-state index >= 15 is 0 Å². The van der Waals surface area contributed by atoms with Crippen LogP contribution < -0.4 is 10.6 Å². The summed E-state index contributed by atoms with van der Waals surface area (Å²) in [5, 5.41) is 5.55. The third-order valence-electron chi connectivity index (χ3n) is 3.18. The summed E-state index contributed by atoms with van der Waals surface area (Å²) >= 11 is 0. The van der Waals surface area contributed by atoms with E-state index in [0.717, 1.165) is 0 Å². The van der Waals surface area contributed by atoms with E-state index < -0.39 is 35.7 Å². The molecule has 0 aromatic carbocycles. The van der Waals surface area contributed by atoms with Gasteiger partial charge in [-0.15, -0.1) is 0 Å². The Labute approximate surface area is 150 Å². The summed E-state index contributed by atoms with van der Waals surface area (Å²) in [5.41, 5.74) is -0.600. The van der Waals surface area contributed by atoms with Crippen molar-refractivity contribution in [3.8, 4) is 0 Å². The summed E-state index contributed by atoms with van der Waals surface area (Å²) in [6.07, 6.45) is 0.194.